The molecule has 5 nitrogen and oxygen atoms in total. The number of amides is 1. The van der Waals surface area contributed by atoms with Gasteiger partial charge in [0.05, 0.1) is 5.25 Å². The molecular weight excluding hydrogens is 442 g/mol. The molecule has 1 atom stereocenters. The number of H-pyrrole nitrogens is 1. The van der Waals surface area contributed by atoms with Crippen molar-refractivity contribution < 1.29 is 9.59 Å². The maximum absolute atomic E-state index is 13.6. The van der Waals surface area contributed by atoms with Crippen molar-refractivity contribution in [1.29, 1.82) is 5.26 Å². The summed E-state index contributed by atoms with van der Waals surface area (Å²) in [7, 11) is 0. The minimum absolute atomic E-state index is 0.0285. The predicted octanol–water partition coefficient (Wildman–Crippen LogP) is 5.79. The van der Waals surface area contributed by atoms with E-state index in [9.17, 15) is 14.9 Å². The number of nitriles is 1. The number of carbonyl (C=O) groups is 2. The number of nitrogens with zero attached hydrogens (tertiary/aromatic N) is 2. The number of para-hydroxylation sites is 2. The van der Waals surface area contributed by atoms with Gasteiger partial charge in [-0.15, -0.1) is 0 Å². The average Bonchev–Trinajstić information content (AvgIpc) is 3.43. The molecule has 1 fully saturated rings. The van der Waals surface area contributed by atoms with E-state index in [1.54, 1.807) is 6.20 Å². The van der Waals surface area contributed by atoms with Gasteiger partial charge in [-0.05, 0) is 42.7 Å². The van der Waals surface area contributed by atoms with Gasteiger partial charge in [-0.2, -0.15) is 5.26 Å². The van der Waals surface area contributed by atoms with Crippen LogP contribution in [0.3, 0.4) is 0 Å². The van der Waals surface area contributed by atoms with Crippen molar-refractivity contribution in [3.63, 3.8) is 0 Å². The van der Waals surface area contributed by atoms with E-state index >= 15 is 0 Å². The number of carbonyl (C=O) groups excluding carboxylic acids is 2. The van der Waals surface area contributed by atoms with Gasteiger partial charge in [0, 0.05) is 28.4 Å². The van der Waals surface area contributed by atoms with Crippen LogP contribution in [0.2, 0.25) is 0 Å². The lowest BCUT2D eigenvalue weighted by Crippen LogP contribution is -2.30. The first-order valence-corrected chi connectivity index (χ1v) is 11.8. The Morgan fingerprint density at radius 2 is 1.74 bits per heavy atom. The van der Waals surface area contributed by atoms with E-state index in [1.165, 1.54) is 16.7 Å². The van der Waals surface area contributed by atoms with Gasteiger partial charge in [-0.3, -0.25) is 14.5 Å². The van der Waals surface area contributed by atoms with Gasteiger partial charge in [0.15, 0.2) is 0 Å². The van der Waals surface area contributed by atoms with E-state index in [1.807, 2.05) is 85.8 Å². The summed E-state index contributed by atoms with van der Waals surface area (Å²) in [6.07, 6.45) is 2.15. The minimum atomic E-state index is -0.435. The van der Waals surface area contributed by atoms with Gasteiger partial charge in [0.25, 0.3) is 0 Å². The molecule has 1 aliphatic rings. The summed E-state index contributed by atoms with van der Waals surface area (Å²) in [5.74, 6) is -0.526. The van der Waals surface area contributed by atoms with Crippen LogP contribution < -0.4 is 4.90 Å². The molecule has 0 spiro atoms. The summed E-state index contributed by atoms with van der Waals surface area (Å²) < 4.78 is 0. The molecule has 1 aliphatic heterocycles. The first-order chi connectivity index (χ1) is 16.6. The molecule has 0 aliphatic carbocycles. The third-order valence-corrected chi connectivity index (χ3v) is 7.28. The molecule has 0 radical (unpaired) electrons. The smallest absolute Gasteiger partial charge is 0.245 e. The van der Waals surface area contributed by atoms with Gasteiger partial charge in [-0.1, -0.05) is 72.4 Å². The summed E-state index contributed by atoms with van der Waals surface area (Å²) in [4.78, 5) is 31.8. The van der Waals surface area contributed by atoms with Crippen molar-refractivity contribution in [3.8, 4) is 6.07 Å². The van der Waals surface area contributed by atoms with Crippen LogP contribution in [0.4, 0.5) is 5.69 Å². The zero-order valence-corrected chi connectivity index (χ0v) is 19.3. The lowest BCUT2D eigenvalue weighted by atomic mass is 10.0. The highest BCUT2D eigenvalue weighted by Crippen LogP contribution is 2.42. The molecule has 4 aromatic rings. The van der Waals surface area contributed by atoms with Crippen molar-refractivity contribution in [2.75, 3.05) is 4.90 Å². The molecule has 0 saturated carbocycles. The summed E-state index contributed by atoms with van der Waals surface area (Å²) in [5, 5.41) is 10.8. The molecule has 3 aromatic carbocycles. The molecule has 1 unspecified atom stereocenters. The van der Waals surface area contributed by atoms with Crippen LogP contribution in [-0.2, 0) is 11.2 Å². The van der Waals surface area contributed by atoms with Crippen LogP contribution in [0.15, 0.2) is 95.7 Å². The summed E-state index contributed by atoms with van der Waals surface area (Å²) in [6, 6.07) is 26.7. The Balaban J connectivity index is 1.61. The summed E-state index contributed by atoms with van der Waals surface area (Å²) in [6.45, 7) is 2.02. The minimum Gasteiger partial charge on any atom is -0.360 e. The highest BCUT2D eigenvalue weighted by molar-refractivity contribution is 8.05. The third-order valence-electron chi connectivity index (χ3n) is 6.02. The van der Waals surface area contributed by atoms with E-state index in [0.29, 0.717) is 22.7 Å². The number of nitrogens with one attached hydrogen (secondary N) is 1. The number of thioether (sulfide) groups is 1. The normalized spacial score (nSPS) is 17.1. The fourth-order valence-electron chi connectivity index (χ4n) is 4.23. The van der Waals surface area contributed by atoms with E-state index in [0.717, 1.165) is 22.0 Å². The number of hydrogen-bond donors (Lipinski definition) is 1. The SMILES string of the molecule is Cc1ccccc1CC1S/C(=C(\C#N)C(=O)c2c[nH]c3ccccc23)N(c2ccccc2)C1=O. The molecule has 166 valence electrons. The molecule has 5 rings (SSSR count). The number of anilines is 1. The molecule has 6 heteroatoms. The second-order valence-corrected chi connectivity index (χ2v) is 9.31. The zero-order valence-electron chi connectivity index (χ0n) is 18.5. The van der Waals surface area contributed by atoms with Crippen LogP contribution >= 0.6 is 11.8 Å². The Morgan fingerprint density at radius 3 is 2.50 bits per heavy atom. The Bertz CT molecular complexity index is 1480. The molecule has 0 bridgehead atoms. The lowest BCUT2D eigenvalue weighted by Gasteiger charge is -2.18. The number of aromatic amines is 1. The van der Waals surface area contributed by atoms with Crippen molar-refractivity contribution in [3.05, 3.63) is 112 Å². The number of aromatic nitrogens is 1. The van der Waals surface area contributed by atoms with Gasteiger partial charge < -0.3 is 4.98 Å². The molecule has 1 N–H and O–H groups in total. The largest absolute Gasteiger partial charge is 0.360 e. The monoisotopic (exact) mass is 463 g/mol. The molecule has 1 saturated heterocycles. The lowest BCUT2D eigenvalue weighted by molar-refractivity contribution is -0.117. The standard InChI is InChI=1S/C28H21N3O2S/c1-18-9-5-6-10-19(18)15-25-27(33)31(20-11-3-2-4-12-20)28(34-25)22(16-29)26(32)23-17-30-24-14-8-7-13-21(23)24/h2-14,17,25,30H,15H2,1H3/b28-22+. The van der Waals surface area contributed by atoms with Crippen LogP contribution in [-0.4, -0.2) is 21.9 Å². The van der Waals surface area contributed by atoms with Crippen molar-refractivity contribution in [2.45, 2.75) is 18.6 Å². The van der Waals surface area contributed by atoms with Gasteiger partial charge >= 0.3 is 0 Å². The van der Waals surface area contributed by atoms with Crippen LogP contribution in [0, 0.1) is 18.3 Å². The Kier molecular flexibility index (Phi) is 5.79. The number of ketones is 1. The molecule has 34 heavy (non-hydrogen) atoms. The highest BCUT2D eigenvalue weighted by Gasteiger charge is 2.41. The first-order valence-electron chi connectivity index (χ1n) is 10.9. The Hall–Kier alpha value is -4.08. The fourth-order valence-corrected chi connectivity index (χ4v) is 5.53. The van der Waals surface area contributed by atoms with Crippen molar-refractivity contribution in [2.24, 2.45) is 0 Å². The second kappa shape index (κ2) is 9.05. The Labute approximate surface area is 201 Å². The van der Waals surface area contributed by atoms with E-state index in [2.05, 4.69) is 11.1 Å². The van der Waals surface area contributed by atoms with Crippen molar-refractivity contribution >= 4 is 40.0 Å². The number of allylic oxidation sites excluding steroid dienone is 1. The molecule has 1 aromatic heterocycles. The number of aryl methyl sites for hydroxylation is 1. The van der Waals surface area contributed by atoms with Gasteiger partial charge in [-0.25, -0.2) is 0 Å². The van der Waals surface area contributed by atoms with E-state index in [4.69, 9.17) is 0 Å². The molecule has 1 amide bonds. The van der Waals surface area contributed by atoms with E-state index < -0.39 is 11.0 Å². The maximum atomic E-state index is 13.6. The summed E-state index contributed by atoms with van der Waals surface area (Å²) >= 11 is 1.29. The molecular formula is C28H21N3O2S. The maximum Gasteiger partial charge on any atom is 0.245 e. The fraction of sp³-hybridized carbons (Fsp3) is 0.107. The topological polar surface area (TPSA) is 77.0 Å². The van der Waals surface area contributed by atoms with Crippen LogP contribution in [0.25, 0.3) is 10.9 Å². The quantitative estimate of drug-likeness (QED) is 0.231. The van der Waals surface area contributed by atoms with Crippen LogP contribution in [0.1, 0.15) is 21.5 Å². The number of hydrogen-bond acceptors (Lipinski definition) is 4. The highest BCUT2D eigenvalue weighted by atomic mass is 32.2. The van der Waals surface area contributed by atoms with Gasteiger partial charge in [0.1, 0.15) is 16.7 Å². The second-order valence-electron chi connectivity index (χ2n) is 8.12. The average molecular weight is 464 g/mol. The summed E-state index contributed by atoms with van der Waals surface area (Å²) in [5.41, 5.74) is 4.03. The van der Waals surface area contributed by atoms with Crippen LogP contribution in [0.5, 0.6) is 0 Å². The number of rotatable bonds is 5. The number of benzene rings is 3. The zero-order chi connectivity index (χ0) is 23.7. The number of Topliss-reactive ketones (excluding diaryl/α,β-unsaturated/α-hetero) is 1. The predicted molar refractivity (Wildman–Crippen MR) is 135 cm³/mol. The molecule has 2 heterocycles. The third kappa shape index (κ3) is 3.81. The van der Waals surface area contributed by atoms with Crippen molar-refractivity contribution in [1.82, 2.24) is 4.98 Å². The van der Waals surface area contributed by atoms with E-state index in [-0.39, 0.29) is 11.5 Å². The van der Waals surface area contributed by atoms with Gasteiger partial charge in [0.2, 0.25) is 11.7 Å². The first kappa shape index (κ1) is 21.7. The number of fused-ring (bicyclic) bond motifs is 1. The Morgan fingerprint density at radius 1 is 1.03 bits per heavy atom.